The number of aliphatic imine (C=N–C) groups is 1. The van der Waals surface area contributed by atoms with Gasteiger partial charge in [0.1, 0.15) is 18.0 Å². The summed E-state index contributed by atoms with van der Waals surface area (Å²) in [6.07, 6.45) is 1.57. The number of nitrogens with one attached hydrogen (secondary N) is 2. The zero-order valence-electron chi connectivity index (χ0n) is 17.0. The molecule has 0 aromatic heterocycles. The zero-order chi connectivity index (χ0) is 22.4. The van der Waals surface area contributed by atoms with Gasteiger partial charge in [-0.3, -0.25) is 24.6 Å². The van der Waals surface area contributed by atoms with Crippen LogP contribution in [0.4, 0.5) is 0 Å². The topological polar surface area (TPSA) is 100 Å². The first-order valence-electron chi connectivity index (χ1n) is 9.41. The molecule has 0 radical (unpaired) electrons. The number of carbonyl (C=O) groups is 3. The molecule has 0 aliphatic carbocycles. The molecular formula is C22H21ClN4O4. The Balaban J connectivity index is 1.66. The van der Waals surface area contributed by atoms with Crippen LogP contribution in [0, 0.1) is 0 Å². The fourth-order valence-corrected chi connectivity index (χ4v) is 2.91. The van der Waals surface area contributed by atoms with Gasteiger partial charge in [0, 0.05) is 18.5 Å². The number of nitrogens with zero attached hydrogens (tertiary/aromatic N) is 2. The van der Waals surface area contributed by atoms with Gasteiger partial charge in [-0.1, -0.05) is 35.9 Å². The Morgan fingerprint density at radius 2 is 1.84 bits per heavy atom. The third-order valence-corrected chi connectivity index (χ3v) is 4.70. The summed E-state index contributed by atoms with van der Waals surface area (Å²) in [4.78, 5) is 42.0. The molecule has 2 aromatic rings. The van der Waals surface area contributed by atoms with Crippen LogP contribution in [0.1, 0.15) is 18.1 Å². The molecule has 0 saturated heterocycles. The van der Waals surface area contributed by atoms with E-state index in [1.807, 2.05) is 12.1 Å². The van der Waals surface area contributed by atoms with E-state index >= 15 is 0 Å². The molecule has 3 amide bonds. The predicted molar refractivity (Wildman–Crippen MR) is 117 cm³/mol. The van der Waals surface area contributed by atoms with Gasteiger partial charge in [0.2, 0.25) is 17.8 Å². The lowest BCUT2D eigenvalue weighted by Crippen LogP contribution is -2.47. The zero-order valence-corrected chi connectivity index (χ0v) is 17.8. The van der Waals surface area contributed by atoms with Gasteiger partial charge < -0.3 is 10.1 Å². The maximum Gasteiger partial charge on any atom is 0.276 e. The molecule has 0 atom stereocenters. The molecular weight excluding hydrogens is 420 g/mol. The Labute approximate surface area is 184 Å². The molecule has 1 aliphatic rings. The van der Waals surface area contributed by atoms with Crippen molar-refractivity contribution >= 4 is 41.4 Å². The Morgan fingerprint density at radius 3 is 2.45 bits per heavy atom. The van der Waals surface area contributed by atoms with Crippen molar-refractivity contribution in [2.45, 2.75) is 13.5 Å². The summed E-state index contributed by atoms with van der Waals surface area (Å²) < 4.78 is 5.10. The van der Waals surface area contributed by atoms with Crippen LogP contribution in [0.5, 0.6) is 5.75 Å². The lowest BCUT2D eigenvalue weighted by molar-refractivity contribution is -0.131. The highest BCUT2D eigenvalue weighted by Gasteiger charge is 2.28. The van der Waals surface area contributed by atoms with Gasteiger partial charge in [-0.15, -0.1) is 0 Å². The van der Waals surface area contributed by atoms with E-state index in [-0.39, 0.29) is 24.7 Å². The quantitative estimate of drug-likeness (QED) is 0.673. The summed E-state index contributed by atoms with van der Waals surface area (Å²) >= 11 is 5.87. The normalized spacial score (nSPS) is 14.1. The van der Waals surface area contributed by atoms with Gasteiger partial charge >= 0.3 is 0 Å². The van der Waals surface area contributed by atoms with E-state index in [0.717, 1.165) is 21.8 Å². The van der Waals surface area contributed by atoms with Crippen LogP contribution < -0.4 is 15.4 Å². The van der Waals surface area contributed by atoms with Crippen LogP contribution in [0.2, 0.25) is 5.02 Å². The van der Waals surface area contributed by atoms with Crippen LogP contribution in [0.15, 0.2) is 59.2 Å². The number of ether oxygens (including phenoxy) is 1. The third kappa shape index (κ3) is 5.93. The number of carbonyl (C=O) groups excluding carboxylic acids is 3. The third-order valence-electron chi connectivity index (χ3n) is 4.44. The van der Waals surface area contributed by atoms with Crippen LogP contribution >= 0.6 is 11.6 Å². The standard InChI is InChI=1S/C22H21ClN4O4/c1-14(28)27(13-20(29)24-12-16-5-9-18(31-2)10-6-16)22-25-19(21(30)26-22)11-15-3-7-17(23)8-4-15/h3-11H,12-13H2,1-2H3,(H,24,29)(H,25,26,30)/b19-11-. The molecule has 0 spiro atoms. The number of methoxy groups -OCH3 is 1. The molecule has 1 aliphatic heterocycles. The summed E-state index contributed by atoms with van der Waals surface area (Å²) in [5.41, 5.74) is 1.73. The summed E-state index contributed by atoms with van der Waals surface area (Å²) in [5.74, 6) is -0.549. The van der Waals surface area contributed by atoms with Crippen molar-refractivity contribution in [2.24, 2.45) is 4.99 Å². The minimum Gasteiger partial charge on any atom is -0.497 e. The highest BCUT2D eigenvalue weighted by molar-refractivity contribution is 6.30. The van der Waals surface area contributed by atoms with Crippen molar-refractivity contribution in [2.75, 3.05) is 13.7 Å². The average Bonchev–Trinajstić information content (AvgIpc) is 3.12. The monoisotopic (exact) mass is 440 g/mol. The summed E-state index contributed by atoms with van der Waals surface area (Å²) in [6, 6.07) is 14.1. The molecule has 0 unspecified atom stereocenters. The van der Waals surface area contributed by atoms with Crippen molar-refractivity contribution in [3.05, 3.63) is 70.4 Å². The molecule has 160 valence electrons. The van der Waals surface area contributed by atoms with Crippen molar-refractivity contribution < 1.29 is 19.1 Å². The van der Waals surface area contributed by atoms with E-state index in [2.05, 4.69) is 15.6 Å². The molecule has 0 fully saturated rings. The predicted octanol–water partition coefficient (Wildman–Crippen LogP) is 2.34. The average molecular weight is 441 g/mol. The second-order valence-corrected chi connectivity index (χ2v) is 7.14. The fourth-order valence-electron chi connectivity index (χ4n) is 2.78. The molecule has 2 N–H and O–H groups in total. The number of amides is 3. The van der Waals surface area contributed by atoms with E-state index in [9.17, 15) is 14.4 Å². The lowest BCUT2D eigenvalue weighted by Gasteiger charge is -2.19. The van der Waals surface area contributed by atoms with Crippen LogP contribution in [0.3, 0.4) is 0 Å². The van der Waals surface area contributed by atoms with Crippen molar-refractivity contribution in [3.63, 3.8) is 0 Å². The molecule has 2 aromatic carbocycles. The Bertz CT molecular complexity index is 1050. The SMILES string of the molecule is COc1ccc(CNC(=O)CN(C(C)=O)C2=N/C(=C\c3ccc(Cl)cc3)C(=O)N2)cc1. The van der Waals surface area contributed by atoms with Gasteiger partial charge in [-0.05, 0) is 41.5 Å². The van der Waals surface area contributed by atoms with Gasteiger partial charge in [0.05, 0.1) is 7.11 Å². The van der Waals surface area contributed by atoms with Crippen molar-refractivity contribution in [1.82, 2.24) is 15.5 Å². The summed E-state index contributed by atoms with van der Waals surface area (Å²) in [6.45, 7) is 1.31. The molecule has 9 heteroatoms. The number of hydrogen-bond donors (Lipinski definition) is 2. The minimum atomic E-state index is -0.463. The summed E-state index contributed by atoms with van der Waals surface area (Å²) in [7, 11) is 1.58. The first-order valence-corrected chi connectivity index (χ1v) is 9.78. The van der Waals surface area contributed by atoms with E-state index in [1.165, 1.54) is 6.92 Å². The Morgan fingerprint density at radius 1 is 1.16 bits per heavy atom. The largest absolute Gasteiger partial charge is 0.497 e. The number of rotatable bonds is 6. The van der Waals surface area contributed by atoms with E-state index in [1.54, 1.807) is 49.6 Å². The van der Waals surface area contributed by atoms with Gasteiger partial charge in [0.25, 0.3) is 5.91 Å². The van der Waals surface area contributed by atoms with Gasteiger partial charge in [0.15, 0.2) is 0 Å². The van der Waals surface area contributed by atoms with Crippen LogP contribution in [-0.2, 0) is 20.9 Å². The number of guanidine groups is 1. The smallest absolute Gasteiger partial charge is 0.276 e. The Hall–Kier alpha value is -3.65. The van der Waals surface area contributed by atoms with Crippen molar-refractivity contribution in [3.8, 4) is 5.75 Å². The maximum absolute atomic E-state index is 12.4. The lowest BCUT2D eigenvalue weighted by atomic mass is 10.2. The minimum absolute atomic E-state index is 0.0114. The van der Waals surface area contributed by atoms with Gasteiger partial charge in [-0.2, -0.15) is 0 Å². The molecule has 0 bridgehead atoms. The van der Waals surface area contributed by atoms with Crippen molar-refractivity contribution in [1.29, 1.82) is 0 Å². The second kappa shape index (κ2) is 9.90. The van der Waals surface area contributed by atoms with Gasteiger partial charge in [-0.25, -0.2) is 4.99 Å². The molecule has 31 heavy (non-hydrogen) atoms. The Kier molecular flexibility index (Phi) is 7.04. The summed E-state index contributed by atoms with van der Waals surface area (Å²) in [5, 5.41) is 5.86. The molecule has 8 nitrogen and oxygen atoms in total. The van der Waals surface area contributed by atoms with Crippen LogP contribution in [-0.4, -0.2) is 42.2 Å². The highest BCUT2D eigenvalue weighted by Crippen LogP contribution is 2.16. The van der Waals surface area contributed by atoms with E-state index in [0.29, 0.717) is 5.02 Å². The number of benzene rings is 2. The van der Waals surface area contributed by atoms with Crippen LogP contribution in [0.25, 0.3) is 6.08 Å². The second-order valence-electron chi connectivity index (χ2n) is 6.70. The first-order chi connectivity index (χ1) is 14.9. The molecule has 1 heterocycles. The number of halogens is 1. The fraction of sp³-hybridized carbons (Fsp3) is 0.182. The number of hydrogen-bond acceptors (Lipinski definition) is 5. The molecule has 0 saturated carbocycles. The first kappa shape index (κ1) is 22.0. The maximum atomic E-state index is 12.4. The van der Waals surface area contributed by atoms with E-state index < -0.39 is 17.7 Å². The molecule has 3 rings (SSSR count). The highest BCUT2D eigenvalue weighted by atomic mass is 35.5. The van der Waals surface area contributed by atoms with E-state index in [4.69, 9.17) is 16.3 Å².